The average molecular weight is 648 g/mol. The molecule has 2 unspecified atom stereocenters. The molecule has 1 aliphatic rings. The predicted molar refractivity (Wildman–Crippen MR) is 184 cm³/mol. The standard InChI is InChI=1S/C40H32Cl2O4/c1-43-34-23-13-29-14-24-35(44-2)38-36(29)37(34)39(30-15-19-32(41)20-16-30,45-25-27-9-5-3-6-10-27)40(38,31-17-21-33(42)22-18-31)46-26-28-11-7-4-8-12-28/h3-24H,25-26H2,1-2H3. The molecule has 0 radical (unpaired) electrons. The Labute approximate surface area is 279 Å². The van der Waals surface area contributed by atoms with Crippen molar-refractivity contribution in [2.45, 2.75) is 24.4 Å². The molecule has 6 heteroatoms. The van der Waals surface area contributed by atoms with Gasteiger partial charge in [-0.1, -0.05) is 120 Å². The maximum atomic E-state index is 7.47. The van der Waals surface area contributed by atoms with E-state index >= 15 is 0 Å². The van der Waals surface area contributed by atoms with Crippen molar-refractivity contribution in [1.29, 1.82) is 0 Å². The van der Waals surface area contributed by atoms with Gasteiger partial charge in [0, 0.05) is 26.6 Å². The van der Waals surface area contributed by atoms with E-state index in [4.69, 9.17) is 42.1 Å². The molecule has 6 aromatic carbocycles. The van der Waals surface area contributed by atoms with Gasteiger partial charge in [-0.05, 0) is 64.0 Å². The van der Waals surface area contributed by atoms with Crippen LogP contribution in [0.1, 0.15) is 33.4 Å². The molecule has 46 heavy (non-hydrogen) atoms. The lowest BCUT2D eigenvalue weighted by molar-refractivity contribution is -0.188. The van der Waals surface area contributed by atoms with Crippen LogP contribution in [0.25, 0.3) is 10.8 Å². The zero-order chi connectivity index (χ0) is 31.7. The van der Waals surface area contributed by atoms with Crippen LogP contribution in [0.15, 0.2) is 133 Å². The van der Waals surface area contributed by atoms with Gasteiger partial charge in [0.15, 0.2) is 11.2 Å². The molecule has 2 atom stereocenters. The van der Waals surface area contributed by atoms with Crippen LogP contribution in [0, 0.1) is 0 Å². The van der Waals surface area contributed by atoms with E-state index in [-0.39, 0.29) is 13.2 Å². The SMILES string of the molecule is COc1ccc2ccc(OC)c3c2c1C(OCc1ccccc1)(c1ccc(Cl)cc1)C3(OCc1ccccc1)c1ccc(Cl)cc1. The number of methoxy groups -OCH3 is 2. The fraction of sp³-hybridized carbons (Fsp3) is 0.150. The van der Waals surface area contributed by atoms with E-state index in [1.807, 2.05) is 97.1 Å². The lowest BCUT2D eigenvalue weighted by atomic mass is 9.70. The predicted octanol–water partition coefficient (Wildman–Crippen LogP) is 10.1. The number of hydrogen-bond acceptors (Lipinski definition) is 4. The molecular weight excluding hydrogens is 615 g/mol. The van der Waals surface area contributed by atoms with E-state index in [1.165, 1.54) is 0 Å². The van der Waals surface area contributed by atoms with Crippen molar-refractivity contribution < 1.29 is 18.9 Å². The minimum atomic E-state index is -1.29. The number of hydrogen-bond donors (Lipinski definition) is 0. The molecule has 0 saturated carbocycles. The summed E-state index contributed by atoms with van der Waals surface area (Å²) in [5.41, 5.74) is 2.83. The molecule has 4 nitrogen and oxygen atoms in total. The van der Waals surface area contributed by atoms with E-state index in [0.29, 0.717) is 21.5 Å². The fourth-order valence-corrected chi connectivity index (χ4v) is 7.13. The second-order valence-corrected chi connectivity index (χ2v) is 12.2. The average Bonchev–Trinajstić information content (AvgIpc) is 3.37. The molecule has 6 aromatic rings. The first kappa shape index (κ1) is 30.3. The van der Waals surface area contributed by atoms with Crippen molar-refractivity contribution in [3.63, 3.8) is 0 Å². The molecule has 0 bridgehead atoms. The van der Waals surface area contributed by atoms with Crippen LogP contribution in [0.2, 0.25) is 10.0 Å². The first-order valence-corrected chi connectivity index (χ1v) is 15.8. The van der Waals surface area contributed by atoms with Crippen LogP contribution >= 0.6 is 23.2 Å². The number of benzene rings is 6. The lowest BCUT2D eigenvalue weighted by Crippen LogP contribution is -2.51. The van der Waals surface area contributed by atoms with Crippen molar-refractivity contribution in [3.8, 4) is 11.5 Å². The Morgan fingerprint density at radius 3 is 1.24 bits per heavy atom. The molecular formula is C40H32Cl2O4. The molecule has 0 N–H and O–H groups in total. The smallest absolute Gasteiger partial charge is 0.160 e. The first-order chi connectivity index (χ1) is 22.5. The summed E-state index contributed by atoms with van der Waals surface area (Å²) in [6.45, 7) is 0.562. The maximum absolute atomic E-state index is 7.47. The summed E-state index contributed by atoms with van der Waals surface area (Å²) in [7, 11) is 3.38. The summed E-state index contributed by atoms with van der Waals surface area (Å²) in [6, 6.07) is 44.0. The Kier molecular flexibility index (Phi) is 8.22. The normalized spacial score (nSPS) is 18.5. The van der Waals surface area contributed by atoms with Crippen molar-refractivity contribution in [3.05, 3.63) is 177 Å². The summed E-state index contributed by atoms with van der Waals surface area (Å²) < 4.78 is 27.3. The highest BCUT2D eigenvalue weighted by Gasteiger charge is 2.66. The van der Waals surface area contributed by atoms with Gasteiger partial charge in [-0.15, -0.1) is 0 Å². The Morgan fingerprint density at radius 2 is 0.870 bits per heavy atom. The van der Waals surface area contributed by atoms with Crippen LogP contribution in [-0.2, 0) is 33.9 Å². The van der Waals surface area contributed by atoms with Gasteiger partial charge in [-0.3, -0.25) is 0 Å². The second-order valence-electron chi connectivity index (χ2n) is 11.3. The first-order valence-electron chi connectivity index (χ1n) is 15.1. The third kappa shape index (κ3) is 4.85. The fourth-order valence-electron chi connectivity index (χ4n) is 6.88. The minimum Gasteiger partial charge on any atom is -0.496 e. The van der Waals surface area contributed by atoms with Crippen LogP contribution in [0.3, 0.4) is 0 Å². The molecule has 0 saturated heterocycles. The van der Waals surface area contributed by atoms with Crippen molar-refractivity contribution in [2.24, 2.45) is 0 Å². The molecule has 7 rings (SSSR count). The summed E-state index contributed by atoms with van der Waals surface area (Å²) in [6.07, 6.45) is 0. The van der Waals surface area contributed by atoms with E-state index in [1.54, 1.807) is 14.2 Å². The Morgan fingerprint density at radius 1 is 0.478 bits per heavy atom. The van der Waals surface area contributed by atoms with Gasteiger partial charge in [0.1, 0.15) is 11.5 Å². The Balaban J connectivity index is 1.65. The van der Waals surface area contributed by atoms with Crippen LogP contribution in [0.5, 0.6) is 11.5 Å². The molecule has 1 aliphatic carbocycles. The van der Waals surface area contributed by atoms with Crippen molar-refractivity contribution in [2.75, 3.05) is 14.2 Å². The summed E-state index contributed by atoms with van der Waals surface area (Å²) >= 11 is 13.1. The highest BCUT2D eigenvalue weighted by molar-refractivity contribution is 6.30. The van der Waals surface area contributed by atoms with Gasteiger partial charge in [0.2, 0.25) is 0 Å². The monoisotopic (exact) mass is 646 g/mol. The van der Waals surface area contributed by atoms with Gasteiger partial charge < -0.3 is 18.9 Å². The third-order valence-electron chi connectivity index (χ3n) is 8.85. The quantitative estimate of drug-likeness (QED) is 0.148. The molecule has 0 amide bonds. The van der Waals surface area contributed by atoms with Crippen LogP contribution in [-0.4, -0.2) is 14.2 Å². The molecule has 0 spiro atoms. The zero-order valence-corrected chi connectivity index (χ0v) is 27.0. The molecule has 0 heterocycles. The highest BCUT2D eigenvalue weighted by Crippen LogP contribution is 2.66. The number of halogens is 2. The minimum absolute atomic E-state index is 0.281. The second kappa shape index (κ2) is 12.5. The number of ether oxygens (including phenoxy) is 4. The van der Waals surface area contributed by atoms with Gasteiger partial charge in [-0.25, -0.2) is 0 Å². The Bertz CT molecular complexity index is 1840. The van der Waals surface area contributed by atoms with E-state index < -0.39 is 11.2 Å². The molecule has 0 aliphatic heterocycles. The molecule has 230 valence electrons. The third-order valence-corrected chi connectivity index (χ3v) is 9.35. The molecule has 0 fully saturated rings. The molecule has 0 aromatic heterocycles. The van der Waals surface area contributed by atoms with E-state index in [0.717, 1.165) is 44.2 Å². The van der Waals surface area contributed by atoms with Crippen molar-refractivity contribution >= 4 is 34.0 Å². The van der Waals surface area contributed by atoms with Gasteiger partial charge in [0.05, 0.1) is 27.4 Å². The maximum Gasteiger partial charge on any atom is 0.160 e. The lowest BCUT2D eigenvalue weighted by Gasteiger charge is -2.48. The van der Waals surface area contributed by atoms with Gasteiger partial charge in [-0.2, -0.15) is 0 Å². The zero-order valence-electron chi connectivity index (χ0n) is 25.5. The largest absolute Gasteiger partial charge is 0.496 e. The summed E-state index contributed by atoms with van der Waals surface area (Å²) in [5.74, 6) is 1.34. The van der Waals surface area contributed by atoms with E-state index in [2.05, 4.69) is 36.4 Å². The summed E-state index contributed by atoms with van der Waals surface area (Å²) in [5, 5.41) is 3.18. The topological polar surface area (TPSA) is 36.9 Å². The van der Waals surface area contributed by atoms with Gasteiger partial charge in [0.25, 0.3) is 0 Å². The van der Waals surface area contributed by atoms with Crippen molar-refractivity contribution in [1.82, 2.24) is 0 Å². The summed E-state index contributed by atoms with van der Waals surface area (Å²) in [4.78, 5) is 0. The van der Waals surface area contributed by atoms with Gasteiger partial charge >= 0.3 is 0 Å². The Hall–Kier alpha value is -4.32. The van der Waals surface area contributed by atoms with E-state index in [9.17, 15) is 0 Å². The highest BCUT2D eigenvalue weighted by atomic mass is 35.5. The number of rotatable bonds is 10. The van der Waals surface area contributed by atoms with Crippen LogP contribution < -0.4 is 9.47 Å². The van der Waals surface area contributed by atoms with Crippen LogP contribution in [0.4, 0.5) is 0 Å².